The molecule has 0 spiro atoms. The van der Waals surface area contributed by atoms with E-state index in [9.17, 15) is 10.2 Å². The van der Waals surface area contributed by atoms with Crippen LogP contribution in [0.3, 0.4) is 0 Å². The average Bonchev–Trinajstić information content (AvgIpc) is 2.66. The summed E-state index contributed by atoms with van der Waals surface area (Å²) in [7, 11) is 1.61. The third-order valence-electron chi connectivity index (χ3n) is 5.93. The molecule has 3 aliphatic rings. The van der Waals surface area contributed by atoms with E-state index < -0.39 is 11.8 Å². The van der Waals surface area contributed by atoms with Crippen LogP contribution in [0.1, 0.15) is 24.5 Å². The minimum absolute atomic E-state index is 0.366. The molecule has 5 atom stereocenters. The normalized spacial score (nSPS) is 32.5. The van der Waals surface area contributed by atoms with Crippen LogP contribution in [-0.2, 0) is 0 Å². The molecule has 132 valence electrons. The number of aliphatic hydroxyl groups excluding tert-OH is 1. The summed E-state index contributed by atoms with van der Waals surface area (Å²) < 4.78 is 5.31. The van der Waals surface area contributed by atoms with Crippen molar-refractivity contribution in [3.63, 3.8) is 0 Å². The van der Waals surface area contributed by atoms with Crippen molar-refractivity contribution in [1.29, 1.82) is 0 Å². The van der Waals surface area contributed by atoms with Gasteiger partial charge < -0.3 is 14.9 Å². The van der Waals surface area contributed by atoms with Gasteiger partial charge in [0.05, 0.1) is 12.6 Å². The lowest BCUT2D eigenvalue weighted by Crippen LogP contribution is -2.63. The maximum Gasteiger partial charge on any atom is 0.149 e. The maximum absolute atomic E-state index is 11.4. The molecule has 0 saturated carbocycles. The molecule has 3 aliphatic heterocycles. The van der Waals surface area contributed by atoms with Crippen molar-refractivity contribution in [3.8, 4) is 5.75 Å². The summed E-state index contributed by atoms with van der Waals surface area (Å²) >= 11 is 0. The summed E-state index contributed by atoms with van der Waals surface area (Å²) in [6.07, 6.45) is 4.25. The zero-order chi connectivity index (χ0) is 17.6. The standard InChI is InChI=1S/C20H24N2O3/c1-3-13-12-22-9-7-14(13)11-20(22,24)19(23)16-6-8-21-18-5-4-15(25-2)10-17(16)18/h3-6,8,10,13-14,19,23-24H,1,7,9,11-12H2,2H3/t13-,14-,19-,20-/m0/s1. The molecule has 3 saturated heterocycles. The van der Waals surface area contributed by atoms with E-state index in [0.29, 0.717) is 29.6 Å². The van der Waals surface area contributed by atoms with E-state index >= 15 is 0 Å². The summed E-state index contributed by atoms with van der Waals surface area (Å²) in [5.41, 5.74) is 0.217. The Bertz CT molecular complexity index is 809. The van der Waals surface area contributed by atoms with Crippen LogP contribution in [-0.4, -0.2) is 46.0 Å². The second-order valence-corrected chi connectivity index (χ2v) is 7.16. The first-order valence-electron chi connectivity index (χ1n) is 8.77. The van der Waals surface area contributed by atoms with Crippen LogP contribution in [0.5, 0.6) is 5.75 Å². The molecule has 5 nitrogen and oxygen atoms in total. The molecule has 5 heteroatoms. The highest BCUT2D eigenvalue weighted by molar-refractivity contribution is 5.84. The van der Waals surface area contributed by atoms with Crippen molar-refractivity contribution < 1.29 is 14.9 Å². The van der Waals surface area contributed by atoms with E-state index in [2.05, 4.69) is 11.6 Å². The first-order chi connectivity index (χ1) is 12.1. The number of aliphatic hydroxyl groups is 2. The van der Waals surface area contributed by atoms with Gasteiger partial charge in [0.1, 0.15) is 17.6 Å². The van der Waals surface area contributed by atoms with E-state index in [1.165, 1.54) is 0 Å². The molecule has 2 N–H and O–H groups in total. The Morgan fingerprint density at radius 1 is 1.44 bits per heavy atom. The lowest BCUT2D eigenvalue weighted by atomic mass is 9.71. The number of piperidine rings is 3. The zero-order valence-corrected chi connectivity index (χ0v) is 14.4. The lowest BCUT2D eigenvalue weighted by Gasteiger charge is -2.55. The van der Waals surface area contributed by atoms with E-state index in [1.807, 2.05) is 29.2 Å². The van der Waals surface area contributed by atoms with Crippen molar-refractivity contribution in [2.24, 2.45) is 11.8 Å². The Kier molecular flexibility index (Phi) is 4.02. The molecular weight excluding hydrogens is 316 g/mol. The topological polar surface area (TPSA) is 65.8 Å². The van der Waals surface area contributed by atoms with Gasteiger partial charge >= 0.3 is 0 Å². The number of methoxy groups -OCH3 is 1. The minimum Gasteiger partial charge on any atom is -0.497 e. The third-order valence-corrected chi connectivity index (χ3v) is 5.93. The van der Waals surface area contributed by atoms with Crippen molar-refractivity contribution in [2.75, 3.05) is 20.2 Å². The minimum atomic E-state index is -1.25. The number of benzene rings is 1. The van der Waals surface area contributed by atoms with E-state index in [1.54, 1.807) is 19.4 Å². The summed E-state index contributed by atoms with van der Waals surface area (Å²) in [5.74, 6) is 1.46. The van der Waals surface area contributed by atoms with Crippen molar-refractivity contribution in [2.45, 2.75) is 24.7 Å². The summed E-state index contributed by atoms with van der Waals surface area (Å²) in [4.78, 5) is 6.38. The first kappa shape index (κ1) is 16.5. The quantitative estimate of drug-likeness (QED) is 0.837. The fourth-order valence-corrected chi connectivity index (χ4v) is 4.46. The Labute approximate surface area is 147 Å². The Morgan fingerprint density at radius 2 is 2.28 bits per heavy atom. The molecule has 1 unspecified atom stereocenters. The monoisotopic (exact) mass is 340 g/mol. The molecule has 1 aromatic carbocycles. The maximum atomic E-state index is 11.4. The Balaban J connectivity index is 1.75. The predicted molar refractivity (Wildman–Crippen MR) is 96.2 cm³/mol. The smallest absolute Gasteiger partial charge is 0.149 e. The first-order valence-corrected chi connectivity index (χ1v) is 8.77. The number of aromatic nitrogens is 1. The van der Waals surface area contributed by atoms with Gasteiger partial charge in [0, 0.05) is 24.7 Å². The highest BCUT2D eigenvalue weighted by atomic mass is 16.5. The second-order valence-electron chi connectivity index (χ2n) is 7.16. The van der Waals surface area contributed by atoms with Crippen LogP contribution in [0.25, 0.3) is 10.9 Å². The zero-order valence-electron chi connectivity index (χ0n) is 14.4. The number of rotatable bonds is 4. The number of hydrogen-bond donors (Lipinski definition) is 2. The molecule has 0 aliphatic carbocycles. The van der Waals surface area contributed by atoms with Crippen LogP contribution < -0.4 is 4.74 Å². The van der Waals surface area contributed by atoms with Gasteiger partial charge in [-0.05, 0) is 54.5 Å². The molecule has 4 heterocycles. The largest absolute Gasteiger partial charge is 0.497 e. The van der Waals surface area contributed by atoms with Crippen LogP contribution in [0.15, 0.2) is 43.1 Å². The van der Waals surface area contributed by atoms with Gasteiger partial charge in [-0.1, -0.05) is 6.08 Å². The van der Waals surface area contributed by atoms with E-state index in [4.69, 9.17) is 4.74 Å². The third kappa shape index (κ3) is 2.54. The van der Waals surface area contributed by atoms with E-state index in [-0.39, 0.29) is 0 Å². The number of fused-ring (bicyclic) bond motifs is 4. The highest BCUT2D eigenvalue weighted by Crippen LogP contribution is 2.47. The molecular formula is C20H24N2O3. The van der Waals surface area contributed by atoms with Gasteiger partial charge in [0.25, 0.3) is 0 Å². The molecule has 0 amide bonds. The van der Waals surface area contributed by atoms with Crippen LogP contribution in [0.2, 0.25) is 0 Å². The average molecular weight is 340 g/mol. The van der Waals surface area contributed by atoms with Gasteiger partial charge in [-0.15, -0.1) is 6.58 Å². The molecule has 0 radical (unpaired) electrons. The van der Waals surface area contributed by atoms with Crippen molar-refractivity contribution in [1.82, 2.24) is 9.88 Å². The van der Waals surface area contributed by atoms with E-state index in [0.717, 1.165) is 30.4 Å². The molecule has 2 aromatic rings. The van der Waals surface area contributed by atoms with Gasteiger partial charge in [-0.2, -0.15) is 0 Å². The van der Waals surface area contributed by atoms with Crippen LogP contribution in [0, 0.1) is 11.8 Å². The summed E-state index contributed by atoms with van der Waals surface area (Å²) in [6, 6.07) is 7.38. The van der Waals surface area contributed by atoms with Gasteiger partial charge in [0.15, 0.2) is 0 Å². The second kappa shape index (κ2) is 6.09. The molecule has 25 heavy (non-hydrogen) atoms. The lowest BCUT2D eigenvalue weighted by molar-refractivity contribution is -0.236. The predicted octanol–water partition coefficient (Wildman–Crippen LogP) is 2.49. The molecule has 1 aromatic heterocycles. The fourth-order valence-electron chi connectivity index (χ4n) is 4.46. The number of nitrogens with zero attached hydrogens (tertiary/aromatic N) is 2. The van der Waals surface area contributed by atoms with Crippen molar-refractivity contribution in [3.05, 3.63) is 48.7 Å². The number of ether oxygens (including phenoxy) is 1. The van der Waals surface area contributed by atoms with Crippen molar-refractivity contribution >= 4 is 10.9 Å². The highest BCUT2D eigenvalue weighted by Gasteiger charge is 2.52. The SMILES string of the molecule is C=C[C@H]1CN2CC[C@H]1C[C@]2(O)[C@@H](O)c1ccnc2ccc(OC)cc12. The van der Waals surface area contributed by atoms with Gasteiger partial charge in [-0.25, -0.2) is 0 Å². The number of pyridine rings is 1. The molecule has 5 rings (SSSR count). The summed E-state index contributed by atoms with van der Waals surface area (Å²) in [6.45, 7) is 5.47. The Morgan fingerprint density at radius 3 is 2.96 bits per heavy atom. The Hall–Kier alpha value is -1.95. The summed E-state index contributed by atoms with van der Waals surface area (Å²) in [5, 5.41) is 23.3. The van der Waals surface area contributed by atoms with Gasteiger partial charge in [-0.3, -0.25) is 9.88 Å². The van der Waals surface area contributed by atoms with Gasteiger partial charge in [0.2, 0.25) is 0 Å². The fraction of sp³-hybridized carbons (Fsp3) is 0.450. The number of hydrogen-bond acceptors (Lipinski definition) is 5. The molecule has 3 fully saturated rings. The van der Waals surface area contributed by atoms with Crippen LogP contribution in [0.4, 0.5) is 0 Å². The molecule has 2 bridgehead atoms. The van der Waals surface area contributed by atoms with Crippen LogP contribution >= 0.6 is 0 Å².